The number of ether oxygens (including phenoxy) is 1. The second-order valence-electron chi connectivity index (χ2n) is 3.22. The molecular weight excluding hydrogens is 183 g/mol. The molecule has 0 amide bonds. The smallest absolute Gasteiger partial charge is 0.154 e. The van der Waals surface area contributed by atoms with Crippen LogP contribution in [0.25, 0.3) is 0 Å². The molecule has 0 radical (unpaired) electrons. The first-order valence-electron chi connectivity index (χ1n) is 4.42. The molecule has 1 aliphatic rings. The minimum atomic E-state index is -0.232. The number of nitrogens with two attached hydrogens (primary N) is 1. The minimum Gasteiger partial charge on any atom is -0.385 e. The third-order valence-corrected chi connectivity index (χ3v) is 2.06. The van der Waals surface area contributed by atoms with E-state index in [9.17, 15) is 4.39 Å². The molecule has 1 atom stereocenters. The average molecular weight is 194 g/mol. The fraction of sp³-hybridized carbons (Fsp3) is 0.300. The first-order chi connectivity index (χ1) is 6.74. The van der Waals surface area contributed by atoms with Crippen LogP contribution >= 0.6 is 0 Å². The molecule has 14 heavy (non-hydrogen) atoms. The Hall–Kier alpha value is -1.42. The normalized spacial score (nSPS) is 20.9. The zero-order chi connectivity index (χ0) is 9.97. The summed E-state index contributed by atoms with van der Waals surface area (Å²) in [6.45, 7) is 0.395. The lowest BCUT2D eigenvalue weighted by molar-refractivity contribution is 0.109. The molecule has 74 valence electrons. The average Bonchev–Trinajstić information content (AvgIpc) is 2.56. The van der Waals surface area contributed by atoms with E-state index in [0.29, 0.717) is 18.9 Å². The zero-order valence-electron chi connectivity index (χ0n) is 7.61. The monoisotopic (exact) mass is 194 g/mol. The number of benzene rings is 1. The van der Waals surface area contributed by atoms with Crippen molar-refractivity contribution >= 4 is 5.84 Å². The Bertz CT molecular complexity index is 348. The highest BCUT2D eigenvalue weighted by atomic mass is 19.1. The first kappa shape index (κ1) is 9.15. The molecule has 0 unspecified atom stereocenters. The predicted molar refractivity (Wildman–Crippen MR) is 51.5 cm³/mol. The standard InChI is InChI=1S/C10H11FN2O/c11-8-3-1-7(2-4-8)5-10-13-9(12)6-14-10/h1-4,10H,5-6H2,(H2,12,13)/t10-/m1/s1. The lowest BCUT2D eigenvalue weighted by atomic mass is 10.1. The molecule has 0 saturated carbocycles. The molecule has 0 aliphatic carbocycles. The summed E-state index contributed by atoms with van der Waals surface area (Å²) in [5.41, 5.74) is 6.46. The van der Waals surface area contributed by atoms with Crippen molar-refractivity contribution in [2.24, 2.45) is 10.7 Å². The van der Waals surface area contributed by atoms with Crippen LogP contribution in [0.4, 0.5) is 4.39 Å². The van der Waals surface area contributed by atoms with E-state index in [1.54, 1.807) is 12.1 Å². The topological polar surface area (TPSA) is 47.6 Å². The number of rotatable bonds is 2. The van der Waals surface area contributed by atoms with Crippen LogP contribution in [0.15, 0.2) is 29.3 Å². The lowest BCUT2D eigenvalue weighted by Crippen LogP contribution is -2.12. The van der Waals surface area contributed by atoms with Gasteiger partial charge in [-0.15, -0.1) is 0 Å². The molecule has 4 heteroatoms. The lowest BCUT2D eigenvalue weighted by Gasteiger charge is -2.06. The maximum atomic E-state index is 12.6. The largest absolute Gasteiger partial charge is 0.385 e. The van der Waals surface area contributed by atoms with E-state index in [0.717, 1.165) is 5.56 Å². The van der Waals surface area contributed by atoms with Gasteiger partial charge < -0.3 is 10.5 Å². The van der Waals surface area contributed by atoms with E-state index in [1.807, 2.05) is 0 Å². The van der Waals surface area contributed by atoms with Gasteiger partial charge in [-0.25, -0.2) is 9.38 Å². The van der Waals surface area contributed by atoms with Crippen LogP contribution in [0.1, 0.15) is 5.56 Å². The van der Waals surface area contributed by atoms with Gasteiger partial charge in [0.1, 0.15) is 18.3 Å². The minimum absolute atomic E-state index is 0.208. The highest BCUT2D eigenvalue weighted by Crippen LogP contribution is 2.11. The van der Waals surface area contributed by atoms with Crippen molar-refractivity contribution in [3.63, 3.8) is 0 Å². The van der Waals surface area contributed by atoms with Gasteiger partial charge in [0.05, 0.1) is 0 Å². The maximum Gasteiger partial charge on any atom is 0.154 e. The Morgan fingerprint density at radius 3 is 2.71 bits per heavy atom. The van der Waals surface area contributed by atoms with Gasteiger partial charge >= 0.3 is 0 Å². The Morgan fingerprint density at radius 1 is 1.43 bits per heavy atom. The van der Waals surface area contributed by atoms with Gasteiger partial charge in [0, 0.05) is 6.42 Å². The molecular formula is C10H11FN2O. The van der Waals surface area contributed by atoms with Gasteiger partial charge in [0.15, 0.2) is 6.23 Å². The summed E-state index contributed by atoms with van der Waals surface area (Å²) >= 11 is 0. The fourth-order valence-electron chi connectivity index (χ4n) is 1.37. The van der Waals surface area contributed by atoms with Crippen LogP contribution in [0, 0.1) is 5.82 Å². The Kier molecular flexibility index (Phi) is 2.45. The van der Waals surface area contributed by atoms with E-state index >= 15 is 0 Å². The first-order valence-corrected chi connectivity index (χ1v) is 4.42. The van der Waals surface area contributed by atoms with Crippen LogP contribution in [-0.2, 0) is 11.2 Å². The van der Waals surface area contributed by atoms with Gasteiger partial charge in [-0.1, -0.05) is 12.1 Å². The third kappa shape index (κ3) is 2.09. The van der Waals surface area contributed by atoms with Gasteiger partial charge in [-0.2, -0.15) is 0 Å². The van der Waals surface area contributed by atoms with E-state index in [1.165, 1.54) is 12.1 Å². The summed E-state index contributed by atoms with van der Waals surface area (Å²) in [5, 5.41) is 0. The van der Waals surface area contributed by atoms with Crippen LogP contribution in [0.2, 0.25) is 0 Å². The second-order valence-corrected chi connectivity index (χ2v) is 3.22. The summed E-state index contributed by atoms with van der Waals surface area (Å²) in [6.07, 6.45) is 0.432. The summed E-state index contributed by atoms with van der Waals surface area (Å²) in [6, 6.07) is 6.31. The van der Waals surface area contributed by atoms with Crippen molar-refractivity contribution in [1.29, 1.82) is 0 Å². The fourth-order valence-corrected chi connectivity index (χ4v) is 1.37. The third-order valence-electron chi connectivity index (χ3n) is 2.06. The van der Waals surface area contributed by atoms with Gasteiger partial charge in [-0.05, 0) is 17.7 Å². The molecule has 2 rings (SSSR count). The molecule has 1 aromatic carbocycles. The molecule has 0 aromatic heterocycles. The molecule has 3 nitrogen and oxygen atoms in total. The van der Waals surface area contributed by atoms with Crippen molar-refractivity contribution in [3.8, 4) is 0 Å². The highest BCUT2D eigenvalue weighted by molar-refractivity contribution is 5.82. The van der Waals surface area contributed by atoms with Gasteiger partial charge in [0.25, 0.3) is 0 Å². The van der Waals surface area contributed by atoms with Crippen molar-refractivity contribution < 1.29 is 9.13 Å². The molecule has 1 heterocycles. The van der Waals surface area contributed by atoms with Crippen molar-refractivity contribution in [2.45, 2.75) is 12.6 Å². The Labute approximate surface area is 81.4 Å². The van der Waals surface area contributed by atoms with E-state index < -0.39 is 0 Å². The number of amidine groups is 1. The van der Waals surface area contributed by atoms with Crippen molar-refractivity contribution in [3.05, 3.63) is 35.6 Å². The van der Waals surface area contributed by atoms with Gasteiger partial charge in [0.2, 0.25) is 0 Å². The molecule has 1 aromatic rings. The number of aliphatic imine (C=N–C) groups is 1. The van der Waals surface area contributed by atoms with Crippen molar-refractivity contribution in [1.82, 2.24) is 0 Å². The number of hydrogen-bond donors (Lipinski definition) is 1. The molecule has 0 fully saturated rings. The molecule has 0 bridgehead atoms. The van der Waals surface area contributed by atoms with Crippen LogP contribution in [0.5, 0.6) is 0 Å². The number of hydrogen-bond acceptors (Lipinski definition) is 3. The second kappa shape index (κ2) is 3.75. The zero-order valence-corrected chi connectivity index (χ0v) is 7.61. The van der Waals surface area contributed by atoms with Crippen LogP contribution in [-0.4, -0.2) is 18.7 Å². The molecule has 1 aliphatic heterocycles. The van der Waals surface area contributed by atoms with Crippen LogP contribution < -0.4 is 5.73 Å². The number of nitrogens with zero attached hydrogens (tertiary/aromatic N) is 1. The van der Waals surface area contributed by atoms with Gasteiger partial charge in [-0.3, -0.25) is 0 Å². The Balaban J connectivity index is 2.01. The quantitative estimate of drug-likeness (QED) is 0.765. The Morgan fingerprint density at radius 2 is 2.14 bits per heavy atom. The number of halogens is 1. The molecule has 0 spiro atoms. The van der Waals surface area contributed by atoms with E-state index in [2.05, 4.69) is 4.99 Å². The maximum absolute atomic E-state index is 12.6. The molecule has 0 saturated heterocycles. The SMILES string of the molecule is NC1=N[C@@H](Cc2ccc(F)cc2)OC1. The van der Waals surface area contributed by atoms with Crippen molar-refractivity contribution in [2.75, 3.05) is 6.61 Å². The summed E-state index contributed by atoms with van der Waals surface area (Å²) < 4.78 is 17.9. The summed E-state index contributed by atoms with van der Waals surface area (Å²) in [4.78, 5) is 4.08. The van der Waals surface area contributed by atoms with E-state index in [-0.39, 0.29) is 12.0 Å². The van der Waals surface area contributed by atoms with Crippen LogP contribution in [0.3, 0.4) is 0 Å². The molecule has 2 N–H and O–H groups in total. The summed E-state index contributed by atoms with van der Waals surface area (Å²) in [5.74, 6) is 0.293. The summed E-state index contributed by atoms with van der Waals surface area (Å²) in [7, 11) is 0. The van der Waals surface area contributed by atoms with E-state index in [4.69, 9.17) is 10.5 Å². The predicted octanol–water partition coefficient (Wildman–Crippen LogP) is 1.08. The highest BCUT2D eigenvalue weighted by Gasteiger charge is 2.15.